The number of hydrogen-bond acceptors (Lipinski definition) is 5. The number of amides is 1. The second-order valence-corrected chi connectivity index (χ2v) is 4.25. The number of nitrogens with one attached hydrogen (secondary N) is 2. The van der Waals surface area contributed by atoms with Crippen LogP contribution in [0.1, 0.15) is 19.3 Å². The molecule has 0 aromatic heterocycles. The van der Waals surface area contributed by atoms with Crippen LogP contribution in [0.2, 0.25) is 0 Å². The summed E-state index contributed by atoms with van der Waals surface area (Å²) in [6, 6.07) is -0.294. The van der Waals surface area contributed by atoms with E-state index in [0.29, 0.717) is 0 Å². The minimum atomic E-state index is -1.32. The molecule has 0 spiro atoms. The second kappa shape index (κ2) is 6.15. The summed E-state index contributed by atoms with van der Waals surface area (Å²) in [5.74, 6) is -0.281. The topological polar surface area (TPSA) is 102 Å². The predicted octanol–water partition coefficient (Wildman–Crippen LogP) is -2.04. The van der Waals surface area contributed by atoms with Crippen molar-refractivity contribution in [3.63, 3.8) is 0 Å². The Kier molecular flexibility index (Phi) is 5.14. The van der Waals surface area contributed by atoms with Gasteiger partial charge in [0.05, 0.1) is 25.9 Å². The molecule has 0 aromatic rings. The zero-order valence-corrected chi connectivity index (χ0v) is 9.28. The fourth-order valence-electron chi connectivity index (χ4n) is 1.69. The van der Waals surface area contributed by atoms with Crippen molar-refractivity contribution in [2.24, 2.45) is 0 Å². The Hall–Kier alpha value is -0.690. The van der Waals surface area contributed by atoms with Crippen molar-refractivity contribution in [3.8, 4) is 0 Å². The molecule has 0 bridgehead atoms. The van der Waals surface area contributed by atoms with Crippen molar-refractivity contribution in [1.82, 2.24) is 10.6 Å². The van der Waals surface area contributed by atoms with Crippen LogP contribution in [0.4, 0.5) is 0 Å². The molecule has 1 aliphatic rings. The van der Waals surface area contributed by atoms with Crippen LogP contribution in [0.5, 0.6) is 0 Å². The van der Waals surface area contributed by atoms with E-state index < -0.39 is 25.4 Å². The van der Waals surface area contributed by atoms with Crippen LogP contribution in [0.3, 0.4) is 0 Å². The van der Waals surface area contributed by atoms with E-state index in [1.807, 2.05) is 0 Å². The third-order valence-corrected chi connectivity index (χ3v) is 2.92. The molecule has 1 rings (SSSR count). The van der Waals surface area contributed by atoms with Crippen molar-refractivity contribution in [1.29, 1.82) is 0 Å². The molecule has 0 aliphatic carbocycles. The van der Waals surface area contributed by atoms with Crippen molar-refractivity contribution in [2.45, 2.75) is 30.8 Å². The summed E-state index contributed by atoms with van der Waals surface area (Å²) in [7, 11) is 0. The fourth-order valence-corrected chi connectivity index (χ4v) is 1.69. The normalized spacial score (nSPS) is 21.8. The van der Waals surface area contributed by atoms with E-state index in [9.17, 15) is 4.79 Å². The number of piperidine rings is 1. The molecule has 5 N–H and O–H groups in total. The van der Waals surface area contributed by atoms with Gasteiger partial charge in [-0.25, -0.2) is 0 Å². The van der Waals surface area contributed by atoms with E-state index in [1.54, 1.807) is 0 Å². The summed E-state index contributed by atoms with van der Waals surface area (Å²) in [5.41, 5.74) is -1.32. The highest BCUT2D eigenvalue weighted by Crippen LogP contribution is 2.09. The van der Waals surface area contributed by atoms with Crippen molar-refractivity contribution >= 4 is 5.91 Å². The lowest BCUT2D eigenvalue weighted by molar-refractivity contribution is -0.128. The summed E-state index contributed by atoms with van der Waals surface area (Å²) in [6.45, 7) is -0.669. The van der Waals surface area contributed by atoms with Crippen LogP contribution in [0, 0.1) is 0 Å². The molecule has 1 aliphatic heterocycles. The molecule has 1 heterocycles. The first-order chi connectivity index (χ1) is 7.67. The van der Waals surface area contributed by atoms with Gasteiger partial charge in [0.25, 0.3) is 0 Å². The van der Waals surface area contributed by atoms with Crippen LogP contribution in [-0.2, 0) is 4.79 Å². The first kappa shape index (κ1) is 13.4. The van der Waals surface area contributed by atoms with Crippen molar-refractivity contribution < 1.29 is 20.1 Å². The maximum atomic E-state index is 11.8. The average molecular weight is 232 g/mol. The van der Waals surface area contributed by atoms with Crippen LogP contribution < -0.4 is 10.6 Å². The van der Waals surface area contributed by atoms with Crippen molar-refractivity contribution in [2.75, 3.05) is 26.4 Å². The van der Waals surface area contributed by atoms with E-state index in [-0.39, 0.29) is 11.9 Å². The summed E-state index contributed by atoms with van der Waals surface area (Å²) in [6.07, 6.45) is 2.77. The third kappa shape index (κ3) is 3.15. The summed E-state index contributed by atoms with van der Waals surface area (Å²) >= 11 is 0. The zero-order chi connectivity index (χ0) is 12.0. The monoisotopic (exact) mass is 232 g/mol. The molecule has 1 atom stereocenters. The molecule has 1 fully saturated rings. The zero-order valence-electron chi connectivity index (χ0n) is 9.28. The fraction of sp³-hybridized carbons (Fsp3) is 0.900. The van der Waals surface area contributed by atoms with Gasteiger partial charge in [0.15, 0.2) is 0 Å². The Balaban J connectivity index is 2.53. The maximum absolute atomic E-state index is 11.8. The predicted molar refractivity (Wildman–Crippen MR) is 57.8 cm³/mol. The standard InChI is InChI=1S/C10H20N2O4/c13-5-10(6-14,7-15)12-9(16)8-3-1-2-4-11-8/h8,11,13-15H,1-7H2,(H,12,16). The van der Waals surface area contributed by atoms with E-state index in [0.717, 1.165) is 25.8 Å². The SMILES string of the molecule is O=C(NC(CO)(CO)CO)C1CCCCN1. The van der Waals surface area contributed by atoms with Gasteiger partial charge >= 0.3 is 0 Å². The van der Waals surface area contributed by atoms with Gasteiger partial charge in [0.1, 0.15) is 5.54 Å². The Bertz CT molecular complexity index is 217. The molecule has 94 valence electrons. The number of hydrogen-bond donors (Lipinski definition) is 5. The first-order valence-corrected chi connectivity index (χ1v) is 5.55. The summed E-state index contributed by atoms with van der Waals surface area (Å²) in [4.78, 5) is 11.8. The Labute approximate surface area is 94.7 Å². The number of aliphatic hydroxyl groups excluding tert-OH is 3. The van der Waals surface area contributed by atoms with Gasteiger partial charge in [-0.05, 0) is 19.4 Å². The summed E-state index contributed by atoms with van der Waals surface area (Å²) in [5, 5.41) is 32.8. The Morgan fingerprint density at radius 1 is 1.25 bits per heavy atom. The highest BCUT2D eigenvalue weighted by molar-refractivity contribution is 5.82. The molecule has 0 aromatic carbocycles. The third-order valence-electron chi connectivity index (χ3n) is 2.92. The van der Waals surface area contributed by atoms with E-state index >= 15 is 0 Å². The number of aliphatic hydroxyl groups is 3. The number of carbonyl (C=O) groups is 1. The molecule has 6 nitrogen and oxygen atoms in total. The van der Waals surface area contributed by atoms with Gasteiger partial charge in [-0.2, -0.15) is 0 Å². The lowest BCUT2D eigenvalue weighted by Gasteiger charge is -2.32. The minimum absolute atomic E-state index is 0.281. The Morgan fingerprint density at radius 3 is 2.31 bits per heavy atom. The lowest BCUT2D eigenvalue weighted by Crippen LogP contribution is -2.61. The number of rotatable bonds is 5. The maximum Gasteiger partial charge on any atom is 0.237 e. The molecule has 0 radical (unpaired) electrons. The molecule has 1 saturated heterocycles. The van der Waals surface area contributed by atoms with Crippen LogP contribution >= 0.6 is 0 Å². The van der Waals surface area contributed by atoms with Crippen LogP contribution in [-0.4, -0.2) is 59.2 Å². The molecule has 6 heteroatoms. The van der Waals surface area contributed by atoms with Crippen molar-refractivity contribution in [3.05, 3.63) is 0 Å². The van der Waals surface area contributed by atoms with Gasteiger partial charge in [-0.15, -0.1) is 0 Å². The molecule has 0 saturated carbocycles. The van der Waals surface area contributed by atoms with Gasteiger partial charge in [0, 0.05) is 0 Å². The summed E-state index contributed by atoms with van der Waals surface area (Å²) < 4.78 is 0. The lowest BCUT2D eigenvalue weighted by atomic mass is 10.00. The van der Waals surface area contributed by atoms with Gasteiger partial charge < -0.3 is 26.0 Å². The van der Waals surface area contributed by atoms with Gasteiger partial charge in [0.2, 0.25) is 5.91 Å². The van der Waals surface area contributed by atoms with E-state index in [4.69, 9.17) is 15.3 Å². The second-order valence-electron chi connectivity index (χ2n) is 4.25. The van der Waals surface area contributed by atoms with Gasteiger partial charge in [-0.3, -0.25) is 4.79 Å². The smallest absolute Gasteiger partial charge is 0.237 e. The molecule has 1 unspecified atom stereocenters. The van der Waals surface area contributed by atoms with Crippen LogP contribution in [0.15, 0.2) is 0 Å². The van der Waals surface area contributed by atoms with Crippen LogP contribution in [0.25, 0.3) is 0 Å². The molecular formula is C10H20N2O4. The molecule has 1 amide bonds. The quantitative estimate of drug-likeness (QED) is 0.376. The largest absolute Gasteiger partial charge is 0.394 e. The number of carbonyl (C=O) groups excluding carboxylic acids is 1. The molecule has 16 heavy (non-hydrogen) atoms. The Morgan fingerprint density at radius 2 is 1.88 bits per heavy atom. The van der Waals surface area contributed by atoms with E-state index in [2.05, 4.69) is 10.6 Å². The average Bonchev–Trinajstić information content (AvgIpc) is 2.37. The first-order valence-electron chi connectivity index (χ1n) is 5.55. The van der Waals surface area contributed by atoms with Gasteiger partial charge in [-0.1, -0.05) is 6.42 Å². The minimum Gasteiger partial charge on any atom is -0.394 e. The molecular weight excluding hydrogens is 212 g/mol. The highest BCUT2D eigenvalue weighted by atomic mass is 16.3. The highest BCUT2D eigenvalue weighted by Gasteiger charge is 2.32. The van der Waals surface area contributed by atoms with E-state index in [1.165, 1.54) is 0 Å².